The van der Waals surface area contributed by atoms with E-state index in [-0.39, 0.29) is 0 Å². The van der Waals surface area contributed by atoms with Crippen LogP contribution in [0.5, 0.6) is 0 Å². The maximum atomic E-state index is 3.34. The summed E-state index contributed by atoms with van der Waals surface area (Å²) in [5, 5.41) is 3.34. The summed E-state index contributed by atoms with van der Waals surface area (Å²) in [5.41, 5.74) is 1.85. The minimum absolute atomic E-state index is 0.616. The van der Waals surface area contributed by atoms with Gasteiger partial charge in [-0.05, 0) is 108 Å². The SMILES string of the molecule is CC1(C)CCNCC1.CCN1CCC(C)(C)CC1.CN1CCC(C)(C)CC1. The van der Waals surface area contributed by atoms with Crippen LogP contribution in [0.25, 0.3) is 0 Å². The quantitative estimate of drug-likeness (QED) is 0.668. The number of nitrogens with zero attached hydrogens (tertiary/aromatic N) is 2. The van der Waals surface area contributed by atoms with Gasteiger partial charge in [0.25, 0.3) is 0 Å². The Balaban J connectivity index is 0.000000204. The summed E-state index contributed by atoms with van der Waals surface area (Å²) in [6.07, 6.45) is 8.16. The molecule has 0 saturated carbocycles. The second-order valence-corrected chi connectivity index (χ2v) is 11.5. The van der Waals surface area contributed by atoms with Crippen LogP contribution >= 0.6 is 0 Å². The van der Waals surface area contributed by atoms with Gasteiger partial charge in [0.15, 0.2) is 0 Å². The minimum Gasteiger partial charge on any atom is -0.317 e. The van der Waals surface area contributed by atoms with Gasteiger partial charge in [0.2, 0.25) is 0 Å². The molecule has 3 heteroatoms. The molecule has 0 radical (unpaired) electrons. The van der Waals surface area contributed by atoms with E-state index >= 15 is 0 Å². The highest BCUT2D eigenvalue weighted by atomic mass is 15.1. The topological polar surface area (TPSA) is 18.5 Å². The van der Waals surface area contributed by atoms with Crippen LogP contribution in [0.15, 0.2) is 0 Å². The molecule has 3 rings (SSSR count). The first kappa shape index (κ1) is 24.9. The second kappa shape index (κ2) is 11.2. The number of likely N-dealkylation sites (tertiary alicyclic amines) is 2. The fourth-order valence-corrected chi connectivity index (χ4v) is 3.80. The number of rotatable bonds is 1. The molecule has 0 aliphatic carbocycles. The number of hydrogen-bond acceptors (Lipinski definition) is 3. The van der Waals surface area contributed by atoms with Gasteiger partial charge in [0, 0.05) is 0 Å². The third kappa shape index (κ3) is 11.5. The lowest BCUT2D eigenvalue weighted by Gasteiger charge is -2.36. The molecule has 0 amide bonds. The lowest BCUT2D eigenvalue weighted by molar-refractivity contribution is 0.138. The van der Waals surface area contributed by atoms with E-state index in [4.69, 9.17) is 0 Å². The maximum Gasteiger partial charge on any atom is -0.00138 e. The van der Waals surface area contributed by atoms with E-state index in [2.05, 4.69) is 70.6 Å². The van der Waals surface area contributed by atoms with Crippen molar-refractivity contribution in [2.24, 2.45) is 16.2 Å². The monoisotopic (exact) mass is 381 g/mol. The number of hydrogen-bond donors (Lipinski definition) is 1. The first-order chi connectivity index (χ1) is 12.4. The molecule has 3 saturated heterocycles. The third-order valence-corrected chi connectivity index (χ3v) is 6.95. The molecule has 3 fully saturated rings. The van der Waals surface area contributed by atoms with Crippen LogP contribution in [-0.4, -0.2) is 62.7 Å². The molecular formula is C24H51N3. The second-order valence-electron chi connectivity index (χ2n) is 11.5. The highest BCUT2D eigenvalue weighted by molar-refractivity contribution is 4.78. The van der Waals surface area contributed by atoms with Crippen molar-refractivity contribution in [2.45, 2.75) is 87.0 Å². The molecule has 3 nitrogen and oxygen atoms in total. The smallest absolute Gasteiger partial charge is 0.00138 e. The molecule has 0 aromatic heterocycles. The van der Waals surface area contributed by atoms with E-state index in [9.17, 15) is 0 Å². The number of piperidine rings is 3. The van der Waals surface area contributed by atoms with Gasteiger partial charge in [-0.15, -0.1) is 0 Å². The van der Waals surface area contributed by atoms with Crippen molar-refractivity contribution in [3.63, 3.8) is 0 Å². The highest BCUT2D eigenvalue weighted by Crippen LogP contribution is 2.29. The van der Waals surface area contributed by atoms with Crippen LogP contribution in [0.2, 0.25) is 0 Å². The molecule has 3 aliphatic heterocycles. The zero-order valence-electron chi connectivity index (χ0n) is 20.1. The molecule has 0 atom stereocenters. The molecule has 3 aliphatic rings. The van der Waals surface area contributed by atoms with Gasteiger partial charge in [0.1, 0.15) is 0 Å². The lowest BCUT2D eigenvalue weighted by Crippen LogP contribution is -2.36. The van der Waals surface area contributed by atoms with E-state index in [1.807, 2.05) is 0 Å². The average molecular weight is 382 g/mol. The summed E-state index contributed by atoms with van der Waals surface area (Å²) in [6, 6.07) is 0. The zero-order chi connectivity index (χ0) is 20.6. The van der Waals surface area contributed by atoms with Crippen molar-refractivity contribution in [1.29, 1.82) is 0 Å². The van der Waals surface area contributed by atoms with Gasteiger partial charge in [-0.2, -0.15) is 0 Å². The molecule has 0 unspecified atom stereocenters. The van der Waals surface area contributed by atoms with Crippen LogP contribution < -0.4 is 5.32 Å². The highest BCUT2D eigenvalue weighted by Gasteiger charge is 2.24. The van der Waals surface area contributed by atoms with Crippen molar-refractivity contribution < 1.29 is 0 Å². The summed E-state index contributed by atoms with van der Waals surface area (Å²) in [7, 11) is 2.20. The Morgan fingerprint density at radius 3 is 1.30 bits per heavy atom. The first-order valence-corrected chi connectivity index (χ1v) is 11.6. The molecule has 0 aromatic rings. The van der Waals surface area contributed by atoms with Crippen molar-refractivity contribution in [3.8, 4) is 0 Å². The van der Waals surface area contributed by atoms with Crippen molar-refractivity contribution in [2.75, 3.05) is 52.9 Å². The van der Waals surface area contributed by atoms with Crippen molar-refractivity contribution >= 4 is 0 Å². The molecule has 162 valence electrons. The Bertz CT molecular complexity index is 372. The Morgan fingerprint density at radius 2 is 1.00 bits per heavy atom. The zero-order valence-corrected chi connectivity index (χ0v) is 20.1. The van der Waals surface area contributed by atoms with Crippen molar-refractivity contribution in [1.82, 2.24) is 15.1 Å². The average Bonchev–Trinajstić information content (AvgIpc) is 2.59. The largest absolute Gasteiger partial charge is 0.317 e. The van der Waals surface area contributed by atoms with Crippen LogP contribution in [0, 0.1) is 16.2 Å². The predicted molar refractivity (Wildman–Crippen MR) is 122 cm³/mol. The molecule has 0 bridgehead atoms. The first-order valence-electron chi connectivity index (χ1n) is 11.6. The lowest BCUT2D eigenvalue weighted by atomic mass is 9.83. The molecule has 0 spiro atoms. The van der Waals surface area contributed by atoms with E-state index in [1.54, 1.807) is 0 Å². The summed E-state index contributed by atoms with van der Waals surface area (Å²) in [5.74, 6) is 0. The fourth-order valence-electron chi connectivity index (χ4n) is 3.80. The molecule has 27 heavy (non-hydrogen) atoms. The standard InChI is InChI=1S/C9H19N.C8H17N.C7H15N/c1-4-10-7-5-9(2,3)6-8-10;1-8(2)4-6-9(3)7-5-8;1-7(2)3-5-8-6-4-7/h4-8H2,1-3H3;4-7H2,1-3H3;8H,3-6H2,1-2H3. The Morgan fingerprint density at radius 1 is 0.630 bits per heavy atom. The summed E-state index contributed by atoms with van der Waals surface area (Å²) >= 11 is 0. The number of nitrogens with one attached hydrogen (secondary N) is 1. The summed E-state index contributed by atoms with van der Waals surface area (Å²) < 4.78 is 0. The van der Waals surface area contributed by atoms with Crippen LogP contribution in [0.3, 0.4) is 0 Å². The fraction of sp³-hybridized carbons (Fsp3) is 1.00. The van der Waals surface area contributed by atoms with Gasteiger partial charge in [-0.3, -0.25) is 0 Å². The van der Waals surface area contributed by atoms with Crippen LogP contribution in [0.4, 0.5) is 0 Å². The van der Waals surface area contributed by atoms with Gasteiger partial charge in [-0.25, -0.2) is 0 Å². The summed E-state index contributed by atoms with van der Waals surface area (Å²) in [6.45, 7) is 25.3. The van der Waals surface area contributed by atoms with Gasteiger partial charge >= 0.3 is 0 Å². The predicted octanol–water partition coefficient (Wildman–Crippen LogP) is 5.26. The Labute approximate surface area is 171 Å². The van der Waals surface area contributed by atoms with Gasteiger partial charge in [0.05, 0.1) is 0 Å². The van der Waals surface area contributed by atoms with E-state index in [0.29, 0.717) is 16.2 Å². The minimum atomic E-state index is 0.616. The van der Waals surface area contributed by atoms with Crippen LogP contribution in [0.1, 0.15) is 87.0 Å². The van der Waals surface area contributed by atoms with E-state index in [1.165, 1.54) is 84.3 Å². The van der Waals surface area contributed by atoms with Gasteiger partial charge in [-0.1, -0.05) is 48.5 Å². The molecule has 3 heterocycles. The van der Waals surface area contributed by atoms with E-state index in [0.717, 1.165) is 0 Å². The van der Waals surface area contributed by atoms with E-state index < -0.39 is 0 Å². The molecular weight excluding hydrogens is 330 g/mol. The molecule has 0 aromatic carbocycles. The normalized spacial score (nSPS) is 27.6. The van der Waals surface area contributed by atoms with Gasteiger partial charge < -0.3 is 15.1 Å². The molecule has 1 N–H and O–H groups in total. The Hall–Kier alpha value is -0.120. The maximum absolute atomic E-state index is 3.34. The van der Waals surface area contributed by atoms with Crippen LogP contribution in [-0.2, 0) is 0 Å². The van der Waals surface area contributed by atoms with Crippen molar-refractivity contribution in [3.05, 3.63) is 0 Å². The third-order valence-electron chi connectivity index (χ3n) is 6.95. The summed E-state index contributed by atoms with van der Waals surface area (Å²) in [4.78, 5) is 4.94. The Kier molecular flexibility index (Phi) is 10.3.